The molecule has 1 saturated heterocycles. The van der Waals surface area contributed by atoms with Crippen LogP contribution in [-0.2, 0) is 0 Å². The fourth-order valence-corrected chi connectivity index (χ4v) is 4.06. The number of aliphatic imine (C=N–C) groups is 1. The summed E-state index contributed by atoms with van der Waals surface area (Å²) in [7, 11) is 2.02. The topological polar surface area (TPSA) is 44.6 Å². The molecule has 1 unspecified atom stereocenters. The van der Waals surface area contributed by atoms with E-state index in [2.05, 4.69) is 66.5 Å². The number of aromatic nitrogens is 2. The van der Waals surface area contributed by atoms with Gasteiger partial charge < -0.3 is 9.80 Å². The van der Waals surface area contributed by atoms with E-state index in [4.69, 9.17) is 4.99 Å². The third-order valence-corrected chi connectivity index (χ3v) is 5.62. The van der Waals surface area contributed by atoms with Gasteiger partial charge in [0.25, 0.3) is 0 Å². The van der Waals surface area contributed by atoms with Crippen LogP contribution < -0.4 is 0 Å². The molecule has 27 heavy (non-hydrogen) atoms. The molecule has 0 saturated carbocycles. The number of hydrogen-bond donors (Lipinski definition) is 0. The van der Waals surface area contributed by atoms with Crippen LogP contribution in [0.15, 0.2) is 70.7 Å². The number of rotatable bonds is 2. The van der Waals surface area contributed by atoms with Crippen molar-refractivity contribution in [2.45, 2.75) is 18.8 Å². The van der Waals surface area contributed by atoms with Gasteiger partial charge in [0.1, 0.15) is 6.33 Å². The Bertz CT molecular complexity index is 906. The maximum atomic E-state index is 4.92. The van der Waals surface area contributed by atoms with Crippen molar-refractivity contribution in [1.29, 1.82) is 0 Å². The number of likely N-dealkylation sites (tertiary alicyclic amines) is 1. The summed E-state index contributed by atoms with van der Waals surface area (Å²) in [5.41, 5.74) is 3.94. The molecule has 3 heterocycles. The molecule has 0 spiro atoms. The van der Waals surface area contributed by atoms with Crippen LogP contribution in [0, 0.1) is 0 Å². The number of benzene rings is 1. The van der Waals surface area contributed by atoms with Crippen molar-refractivity contribution >= 4 is 27.6 Å². The predicted molar refractivity (Wildman–Crippen MR) is 112 cm³/mol. The molecule has 1 aromatic heterocycles. The van der Waals surface area contributed by atoms with Gasteiger partial charge in [-0.25, -0.2) is 15.0 Å². The summed E-state index contributed by atoms with van der Waals surface area (Å²) >= 11 is 3.59. The van der Waals surface area contributed by atoms with Gasteiger partial charge in [-0.05, 0) is 42.7 Å². The average molecular weight is 424 g/mol. The summed E-state index contributed by atoms with van der Waals surface area (Å²) in [6.07, 6.45) is 7.60. The summed E-state index contributed by atoms with van der Waals surface area (Å²) in [6.45, 7) is 6.14. The highest BCUT2D eigenvalue weighted by molar-refractivity contribution is 9.10. The molecule has 0 bridgehead atoms. The van der Waals surface area contributed by atoms with Gasteiger partial charge in [0.2, 0.25) is 5.96 Å². The first kappa shape index (κ1) is 17.9. The van der Waals surface area contributed by atoms with Crippen LogP contribution >= 0.6 is 15.9 Å². The Hall–Kier alpha value is -2.47. The number of piperidine rings is 1. The van der Waals surface area contributed by atoms with Crippen LogP contribution in [0.1, 0.15) is 30.0 Å². The Labute approximate surface area is 168 Å². The Morgan fingerprint density at radius 2 is 2.15 bits per heavy atom. The monoisotopic (exact) mass is 423 g/mol. The third-order valence-electron chi connectivity index (χ3n) is 5.12. The largest absolute Gasteiger partial charge is 0.342 e. The zero-order valence-corrected chi connectivity index (χ0v) is 16.9. The number of halogens is 1. The van der Waals surface area contributed by atoms with E-state index in [-0.39, 0.29) is 0 Å². The van der Waals surface area contributed by atoms with E-state index in [9.17, 15) is 0 Å². The van der Waals surface area contributed by atoms with Crippen LogP contribution in [-0.4, -0.2) is 45.9 Å². The van der Waals surface area contributed by atoms with Gasteiger partial charge in [-0.1, -0.05) is 34.6 Å². The molecule has 2 aliphatic heterocycles. The van der Waals surface area contributed by atoms with E-state index in [0.717, 1.165) is 47.0 Å². The molecule has 2 aliphatic rings. The molecular weight excluding hydrogens is 402 g/mol. The van der Waals surface area contributed by atoms with E-state index < -0.39 is 0 Å². The molecular formula is C21H22BrN5. The van der Waals surface area contributed by atoms with E-state index in [1.165, 1.54) is 12.0 Å². The number of allylic oxidation sites excluding steroid dienone is 1. The van der Waals surface area contributed by atoms with Crippen molar-refractivity contribution in [2.24, 2.45) is 4.99 Å². The minimum Gasteiger partial charge on any atom is -0.342 e. The van der Waals surface area contributed by atoms with Crippen molar-refractivity contribution in [2.75, 3.05) is 20.1 Å². The van der Waals surface area contributed by atoms with Crippen molar-refractivity contribution in [3.63, 3.8) is 0 Å². The first-order valence-corrected chi connectivity index (χ1v) is 9.91. The molecule has 138 valence electrons. The van der Waals surface area contributed by atoms with Crippen molar-refractivity contribution < 1.29 is 0 Å². The molecule has 0 radical (unpaired) electrons. The molecule has 1 aromatic carbocycles. The third kappa shape index (κ3) is 3.81. The fraction of sp³-hybridized carbons (Fsp3) is 0.286. The van der Waals surface area contributed by atoms with Gasteiger partial charge in [0.15, 0.2) is 0 Å². The molecule has 1 atom stereocenters. The molecule has 2 aromatic rings. The highest BCUT2D eigenvalue weighted by Gasteiger charge is 2.28. The second kappa shape index (κ2) is 7.64. The highest BCUT2D eigenvalue weighted by atomic mass is 79.9. The van der Waals surface area contributed by atoms with E-state index in [0.29, 0.717) is 5.92 Å². The maximum Gasteiger partial charge on any atom is 0.206 e. The molecule has 1 fully saturated rings. The Morgan fingerprint density at radius 1 is 1.26 bits per heavy atom. The summed E-state index contributed by atoms with van der Waals surface area (Å²) in [6, 6.07) is 10.5. The lowest BCUT2D eigenvalue weighted by atomic mass is 9.91. The Balaban J connectivity index is 1.61. The minimum absolute atomic E-state index is 0.494. The number of guanidine groups is 1. The Morgan fingerprint density at radius 3 is 2.93 bits per heavy atom. The second-order valence-corrected chi connectivity index (χ2v) is 7.84. The number of hydrogen-bond acceptors (Lipinski definition) is 5. The summed E-state index contributed by atoms with van der Waals surface area (Å²) < 4.78 is 1.13. The van der Waals surface area contributed by atoms with E-state index >= 15 is 0 Å². The van der Waals surface area contributed by atoms with Gasteiger partial charge in [-0.15, -0.1) is 0 Å². The summed E-state index contributed by atoms with van der Waals surface area (Å²) in [5.74, 6) is 1.44. The van der Waals surface area contributed by atoms with Crippen LogP contribution in [0.5, 0.6) is 0 Å². The van der Waals surface area contributed by atoms with Crippen molar-refractivity contribution in [3.8, 4) is 0 Å². The fourth-order valence-electron chi connectivity index (χ4n) is 3.65. The smallest absolute Gasteiger partial charge is 0.206 e. The van der Waals surface area contributed by atoms with E-state index in [1.54, 1.807) is 12.5 Å². The lowest BCUT2D eigenvalue weighted by Gasteiger charge is -2.39. The normalized spacial score (nSPS) is 20.4. The first-order valence-electron chi connectivity index (χ1n) is 9.11. The van der Waals surface area contributed by atoms with Gasteiger partial charge in [-0.3, -0.25) is 0 Å². The Kier molecular flexibility index (Phi) is 5.07. The van der Waals surface area contributed by atoms with Gasteiger partial charge >= 0.3 is 0 Å². The van der Waals surface area contributed by atoms with Crippen LogP contribution in [0.3, 0.4) is 0 Å². The van der Waals surface area contributed by atoms with Crippen LogP contribution in [0.25, 0.3) is 5.70 Å². The van der Waals surface area contributed by atoms with Gasteiger partial charge in [-0.2, -0.15) is 0 Å². The molecule has 4 rings (SSSR count). The lowest BCUT2D eigenvalue weighted by molar-refractivity contribution is 0.284. The van der Waals surface area contributed by atoms with Crippen LogP contribution in [0.2, 0.25) is 0 Å². The van der Waals surface area contributed by atoms with Gasteiger partial charge in [0, 0.05) is 42.4 Å². The molecule has 0 amide bonds. The van der Waals surface area contributed by atoms with Crippen molar-refractivity contribution in [3.05, 3.63) is 76.9 Å². The highest BCUT2D eigenvalue weighted by Crippen LogP contribution is 2.31. The maximum absolute atomic E-state index is 4.92. The zero-order valence-electron chi connectivity index (χ0n) is 15.3. The molecule has 0 N–H and O–H groups in total. The van der Waals surface area contributed by atoms with E-state index in [1.807, 2.05) is 19.2 Å². The number of nitrogens with zero attached hydrogens (tertiary/aromatic N) is 5. The molecule has 5 nitrogen and oxygen atoms in total. The quantitative estimate of drug-likeness (QED) is 0.722. The average Bonchev–Trinajstić information content (AvgIpc) is 2.71. The molecule has 0 aliphatic carbocycles. The lowest BCUT2D eigenvalue weighted by Crippen LogP contribution is -2.47. The predicted octanol–water partition coefficient (Wildman–Crippen LogP) is 4.27. The standard InChI is InChI=1S/C21H22BrN5/c1-15-11-20(19-8-9-23-14-24-19)25-21(26(15)2)27-10-4-6-17(13-27)16-5-3-7-18(22)12-16/h3,5,7-9,11-12,14,17H,1,4,6,10,13H2,2H3. The zero-order chi connectivity index (χ0) is 18.8. The van der Waals surface area contributed by atoms with Crippen LogP contribution in [0.4, 0.5) is 0 Å². The second-order valence-electron chi connectivity index (χ2n) is 6.93. The van der Waals surface area contributed by atoms with Crippen molar-refractivity contribution in [1.82, 2.24) is 19.8 Å². The minimum atomic E-state index is 0.494. The number of likely N-dealkylation sites (N-methyl/N-ethyl adjacent to an activating group) is 1. The summed E-state index contributed by atoms with van der Waals surface area (Å²) in [4.78, 5) is 17.7. The first-order chi connectivity index (χ1) is 13.1. The molecule has 6 heteroatoms. The van der Waals surface area contributed by atoms with Gasteiger partial charge in [0.05, 0.1) is 11.4 Å². The SMILES string of the molecule is C=C1C=C(c2ccncn2)N=C(N2CCCC(c3cccc(Br)c3)C2)N1C. The summed E-state index contributed by atoms with van der Waals surface area (Å²) in [5, 5.41) is 0.